The number of nitrogens with one attached hydrogen (secondary N) is 2. The first-order valence-electron chi connectivity index (χ1n) is 12.4. The monoisotopic (exact) mass is 503 g/mol. The van der Waals surface area contributed by atoms with Gasteiger partial charge in [0, 0.05) is 49.8 Å². The fraction of sp³-hybridized carbons (Fsp3) is 0.357. The van der Waals surface area contributed by atoms with Crippen LogP contribution in [0.25, 0.3) is 0 Å². The standard InChI is InChI=1S/C28H33N5O4/c1-19-13-20(2)27(21(3)14-19)31-25(34)17-37-24-7-5-23(6-8-24)33-16-22(15-26(33)35)28(36)30-9-4-11-32-12-10-29-18-32/h5-8,10,12-14,18,22H,4,9,11,15-17H2,1-3H3,(H,30,36)(H,31,34)/t22-/m0/s1. The van der Waals surface area contributed by atoms with E-state index in [9.17, 15) is 14.4 Å². The van der Waals surface area contributed by atoms with Crippen LogP contribution in [0.4, 0.5) is 11.4 Å². The zero-order valence-corrected chi connectivity index (χ0v) is 21.5. The number of carbonyl (C=O) groups excluding carboxylic acids is 3. The van der Waals surface area contributed by atoms with E-state index in [1.165, 1.54) is 0 Å². The van der Waals surface area contributed by atoms with Crippen molar-refractivity contribution in [3.63, 3.8) is 0 Å². The van der Waals surface area contributed by atoms with Crippen molar-refractivity contribution in [1.82, 2.24) is 14.9 Å². The van der Waals surface area contributed by atoms with Crippen LogP contribution in [-0.4, -0.2) is 47.0 Å². The van der Waals surface area contributed by atoms with Gasteiger partial charge < -0.3 is 24.8 Å². The molecule has 37 heavy (non-hydrogen) atoms. The quantitative estimate of drug-likeness (QED) is 0.413. The molecule has 194 valence electrons. The summed E-state index contributed by atoms with van der Waals surface area (Å²) in [6, 6.07) is 11.0. The zero-order valence-electron chi connectivity index (χ0n) is 21.5. The Morgan fingerprint density at radius 2 is 1.84 bits per heavy atom. The van der Waals surface area contributed by atoms with E-state index in [2.05, 4.69) is 15.6 Å². The maximum Gasteiger partial charge on any atom is 0.262 e. The number of anilines is 2. The van der Waals surface area contributed by atoms with E-state index in [1.54, 1.807) is 41.7 Å². The lowest BCUT2D eigenvalue weighted by molar-refractivity contribution is -0.126. The lowest BCUT2D eigenvalue weighted by Crippen LogP contribution is -2.33. The molecule has 1 aliphatic rings. The fourth-order valence-electron chi connectivity index (χ4n) is 4.59. The summed E-state index contributed by atoms with van der Waals surface area (Å²) in [5.74, 6) is -0.293. The van der Waals surface area contributed by atoms with Crippen LogP contribution < -0.4 is 20.3 Å². The summed E-state index contributed by atoms with van der Waals surface area (Å²) in [5.41, 5.74) is 4.66. The lowest BCUT2D eigenvalue weighted by Gasteiger charge is -2.17. The van der Waals surface area contributed by atoms with E-state index in [0.29, 0.717) is 24.5 Å². The smallest absolute Gasteiger partial charge is 0.262 e. The van der Waals surface area contributed by atoms with Crippen molar-refractivity contribution in [2.24, 2.45) is 5.92 Å². The van der Waals surface area contributed by atoms with Crippen molar-refractivity contribution in [3.8, 4) is 5.75 Å². The second kappa shape index (κ2) is 11.7. The summed E-state index contributed by atoms with van der Waals surface area (Å²) >= 11 is 0. The van der Waals surface area contributed by atoms with Gasteiger partial charge in [0.15, 0.2) is 6.61 Å². The van der Waals surface area contributed by atoms with Crippen LogP contribution in [0.2, 0.25) is 0 Å². The van der Waals surface area contributed by atoms with Gasteiger partial charge in [-0.05, 0) is 62.6 Å². The van der Waals surface area contributed by atoms with Crippen molar-refractivity contribution >= 4 is 29.1 Å². The summed E-state index contributed by atoms with van der Waals surface area (Å²) < 4.78 is 7.60. The van der Waals surface area contributed by atoms with E-state index < -0.39 is 0 Å². The number of carbonyl (C=O) groups is 3. The molecule has 0 saturated carbocycles. The Morgan fingerprint density at radius 3 is 2.51 bits per heavy atom. The van der Waals surface area contributed by atoms with Gasteiger partial charge in [-0.25, -0.2) is 4.98 Å². The first-order valence-corrected chi connectivity index (χ1v) is 12.4. The minimum Gasteiger partial charge on any atom is -0.484 e. The molecule has 0 spiro atoms. The maximum atomic E-state index is 12.6. The Balaban J connectivity index is 1.24. The SMILES string of the molecule is Cc1cc(C)c(NC(=O)COc2ccc(N3C[C@@H](C(=O)NCCCn4ccnc4)CC3=O)cc2)c(C)c1. The number of hydrogen-bond acceptors (Lipinski definition) is 5. The van der Waals surface area contributed by atoms with E-state index in [0.717, 1.165) is 35.3 Å². The molecular weight excluding hydrogens is 470 g/mol. The third-order valence-corrected chi connectivity index (χ3v) is 6.41. The van der Waals surface area contributed by atoms with Crippen LogP contribution in [-0.2, 0) is 20.9 Å². The largest absolute Gasteiger partial charge is 0.484 e. The Bertz CT molecular complexity index is 1230. The van der Waals surface area contributed by atoms with E-state index in [1.807, 2.05) is 43.7 Å². The molecule has 2 heterocycles. The van der Waals surface area contributed by atoms with Gasteiger partial charge in [-0.15, -0.1) is 0 Å². The molecule has 0 radical (unpaired) electrons. The van der Waals surface area contributed by atoms with Gasteiger partial charge in [0.1, 0.15) is 5.75 Å². The second-order valence-electron chi connectivity index (χ2n) is 9.45. The van der Waals surface area contributed by atoms with Gasteiger partial charge in [0.05, 0.1) is 12.2 Å². The molecule has 2 aromatic carbocycles. The van der Waals surface area contributed by atoms with Crippen LogP contribution in [0.15, 0.2) is 55.1 Å². The highest BCUT2D eigenvalue weighted by atomic mass is 16.5. The number of aromatic nitrogens is 2. The number of ether oxygens (including phenoxy) is 1. The average molecular weight is 504 g/mol. The summed E-state index contributed by atoms with van der Waals surface area (Å²) in [5, 5.41) is 5.85. The molecule has 0 unspecified atom stereocenters. The third-order valence-electron chi connectivity index (χ3n) is 6.41. The molecule has 9 nitrogen and oxygen atoms in total. The molecule has 1 aromatic heterocycles. The zero-order chi connectivity index (χ0) is 26.4. The van der Waals surface area contributed by atoms with Crippen molar-refractivity contribution in [3.05, 3.63) is 71.8 Å². The number of amides is 3. The topological polar surface area (TPSA) is 106 Å². The Kier molecular flexibility index (Phi) is 8.22. The molecule has 9 heteroatoms. The van der Waals surface area contributed by atoms with E-state index >= 15 is 0 Å². The van der Waals surface area contributed by atoms with Gasteiger partial charge in [0.25, 0.3) is 5.91 Å². The minimum absolute atomic E-state index is 0.0875. The maximum absolute atomic E-state index is 12.6. The molecule has 0 aliphatic carbocycles. The van der Waals surface area contributed by atoms with Crippen LogP contribution in [0.1, 0.15) is 29.5 Å². The number of imidazole rings is 1. The second-order valence-corrected chi connectivity index (χ2v) is 9.45. The number of nitrogens with zero attached hydrogens (tertiary/aromatic N) is 3. The molecule has 2 N–H and O–H groups in total. The molecule has 3 amide bonds. The van der Waals surface area contributed by atoms with Gasteiger partial charge >= 0.3 is 0 Å². The van der Waals surface area contributed by atoms with Crippen LogP contribution in [0.3, 0.4) is 0 Å². The normalized spacial score (nSPS) is 15.1. The number of rotatable bonds is 10. The highest BCUT2D eigenvalue weighted by Gasteiger charge is 2.34. The summed E-state index contributed by atoms with van der Waals surface area (Å²) in [6.07, 6.45) is 6.32. The van der Waals surface area contributed by atoms with Crippen molar-refractivity contribution in [2.75, 3.05) is 29.9 Å². The molecule has 1 fully saturated rings. The van der Waals surface area contributed by atoms with Crippen LogP contribution in [0.5, 0.6) is 5.75 Å². The van der Waals surface area contributed by atoms with Crippen molar-refractivity contribution in [2.45, 2.75) is 40.2 Å². The Morgan fingerprint density at radius 1 is 1.11 bits per heavy atom. The third kappa shape index (κ3) is 6.75. The first kappa shape index (κ1) is 25.9. The van der Waals surface area contributed by atoms with Gasteiger partial charge in [-0.1, -0.05) is 17.7 Å². The van der Waals surface area contributed by atoms with Gasteiger partial charge in [0.2, 0.25) is 11.8 Å². The molecule has 3 aromatic rings. The number of hydrogen-bond donors (Lipinski definition) is 2. The predicted octanol–water partition coefficient (Wildman–Crippen LogP) is 3.39. The molecular formula is C28H33N5O4. The molecule has 4 rings (SSSR count). The van der Waals surface area contributed by atoms with E-state index in [-0.39, 0.29) is 36.7 Å². The Labute approximate surface area is 216 Å². The lowest BCUT2D eigenvalue weighted by atomic mass is 10.1. The van der Waals surface area contributed by atoms with Crippen LogP contribution >= 0.6 is 0 Å². The molecule has 1 aliphatic heterocycles. The first-order chi connectivity index (χ1) is 17.8. The summed E-state index contributed by atoms with van der Waals surface area (Å²) in [7, 11) is 0. The number of benzene rings is 2. The predicted molar refractivity (Wildman–Crippen MR) is 142 cm³/mol. The summed E-state index contributed by atoms with van der Waals surface area (Å²) in [6.45, 7) is 7.48. The van der Waals surface area contributed by atoms with E-state index in [4.69, 9.17) is 4.74 Å². The highest BCUT2D eigenvalue weighted by Crippen LogP contribution is 2.27. The Hall–Kier alpha value is -4.14. The highest BCUT2D eigenvalue weighted by molar-refractivity contribution is 6.00. The molecule has 1 saturated heterocycles. The van der Waals surface area contributed by atoms with Crippen LogP contribution in [0, 0.1) is 26.7 Å². The van der Waals surface area contributed by atoms with Crippen molar-refractivity contribution < 1.29 is 19.1 Å². The van der Waals surface area contributed by atoms with Gasteiger partial charge in [-0.2, -0.15) is 0 Å². The molecule has 0 bridgehead atoms. The van der Waals surface area contributed by atoms with Gasteiger partial charge in [-0.3, -0.25) is 14.4 Å². The fourth-order valence-corrected chi connectivity index (χ4v) is 4.59. The minimum atomic E-state index is -0.381. The average Bonchev–Trinajstić information content (AvgIpc) is 3.53. The molecule has 1 atom stereocenters. The summed E-state index contributed by atoms with van der Waals surface area (Å²) in [4.78, 5) is 43.2. The number of aryl methyl sites for hydroxylation is 4. The van der Waals surface area contributed by atoms with Crippen molar-refractivity contribution in [1.29, 1.82) is 0 Å².